The summed E-state index contributed by atoms with van der Waals surface area (Å²) in [7, 11) is 0. The molecule has 0 amide bonds. The second-order valence-electron chi connectivity index (χ2n) is 3.98. The van der Waals surface area contributed by atoms with Gasteiger partial charge in [-0.2, -0.15) is 0 Å². The Morgan fingerprint density at radius 3 is 2.47 bits per heavy atom. The molecule has 1 N–H and O–H groups in total. The largest absolute Gasteiger partial charge is 0.408 e. The maximum absolute atomic E-state index is 13.0. The van der Waals surface area contributed by atoms with Crippen LogP contribution in [0.3, 0.4) is 0 Å². The number of benzene rings is 1. The average Bonchev–Trinajstić information content (AvgIpc) is 2.81. The summed E-state index contributed by atoms with van der Waals surface area (Å²) in [5.74, 6) is -3.45. The Hall–Kier alpha value is -2.05. The summed E-state index contributed by atoms with van der Waals surface area (Å²) in [6, 6.07) is 1.98. The fourth-order valence-electron chi connectivity index (χ4n) is 1.53. The van der Waals surface area contributed by atoms with Crippen LogP contribution in [0.5, 0.6) is 0 Å². The molecule has 19 heavy (non-hydrogen) atoms. The highest BCUT2D eigenvalue weighted by atomic mass is 19.2. The van der Waals surface area contributed by atoms with Crippen molar-refractivity contribution in [3.63, 3.8) is 0 Å². The molecular weight excluding hydrogens is 259 g/mol. The van der Waals surface area contributed by atoms with Crippen LogP contribution >= 0.6 is 0 Å². The van der Waals surface area contributed by atoms with Crippen LogP contribution in [0.2, 0.25) is 0 Å². The van der Waals surface area contributed by atoms with E-state index in [2.05, 4.69) is 15.5 Å². The molecule has 0 saturated heterocycles. The monoisotopic (exact) mass is 271 g/mol. The number of anilines is 1. The molecule has 1 aromatic heterocycles. The molecule has 1 aromatic carbocycles. The first-order valence-electron chi connectivity index (χ1n) is 5.79. The minimum Gasteiger partial charge on any atom is -0.408 e. The predicted molar refractivity (Wildman–Crippen MR) is 61.9 cm³/mol. The van der Waals surface area contributed by atoms with Gasteiger partial charge in [0.15, 0.2) is 17.5 Å². The lowest BCUT2D eigenvalue weighted by Crippen LogP contribution is -2.02. The summed E-state index contributed by atoms with van der Waals surface area (Å²) < 4.78 is 43.9. The van der Waals surface area contributed by atoms with E-state index in [0.29, 0.717) is 12.3 Å². The summed E-state index contributed by atoms with van der Waals surface area (Å²) in [6.45, 7) is 2.03. The molecule has 0 atom stereocenters. The zero-order valence-electron chi connectivity index (χ0n) is 10.2. The molecule has 0 aliphatic carbocycles. The lowest BCUT2D eigenvalue weighted by Gasteiger charge is -2.03. The van der Waals surface area contributed by atoms with E-state index < -0.39 is 17.5 Å². The zero-order chi connectivity index (χ0) is 13.8. The molecule has 102 valence electrons. The quantitative estimate of drug-likeness (QED) is 0.849. The van der Waals surface area contributed by atoms with Crippen LogP contribution in [0.15, 0.2) is 16.5 Å². The Labute approximate surface area is 107 Å². The van der Waals surface area contributed by atoms with Crippen molar-refractivity contribution in [3.05, 3.63) is 41.0 Å². The first kappa shape index (κ1) is 13.4. The van der Waals surface area contributed by atoms with Gasteiger partial charge in [0.25, 0.3) is 0 Å². The normalized spacial score (nSPS) is 10.7. The average molecular weight is 271 g/mol. The minimum atomic E-state index is -1.48. The van der Waals surface area contributed by atoms with E-state index in [1.54, 1.807) is 0 Å². The van der Waals surface area contributed by atoms with E-state index in [-0.39, 0.29) is 18.1 Å². The first-order chi connectivity index (χ1) is 9.10. The third-order valence-electron chi connectivity index (χ3n) is 2.42. The Kier molecular flexibility index (Phi) is 4.03. The van der Waals surface area contributed by atoms with E-state index in [0.717, 1.165) is 18.6 Å². The van der Waals surface area contributed by atoms with Crippen molar-refractivity contribution in [1.82, 2.24) is 10.2 Å². The summed E-state index contributed by atoms with van der Waals surface area (Å²) in [5.41, 5.74) is 0.242. The van der Waals surface area contributed by atoms with Crippen LogP contribution in [0.25, 0.3) is 0 Å². The third kappa shape index (κ3) is 3.24. The van der Waals surface area contributed by atoms with Gasteiger partial charge in [0.1, 0.15) is 0 Å². The number of hydrogen-bond acceptors (Lipinski definition) is 4. The molecule has 2 aromatic rings. The number of aromatic nitrogens is 2. The SMILES string of the molecule is CCCc1nnc(NCc2cc(F)c(F)c(F)c2)o1. The molecule has 7 heteroatoms. The highest BCUT2D eigenvalue weighted by Crippen LogP contribution is 2.15. The Balaban J connectivity index is 2.01. The van der Waals surface area contributed by atoms with Crippen molar-refractivity contribution >= 4 is 6.01 Å². The number of nitrogens with zero attached hydrogens (tertiary/aromatic N) is 2. The maximum Gasteiger partial charge on any atom is 0.315 e. The zero-order valence-corrected chi connectivity index (χ0v) is 10.2. The number of hydrogen-bond donors (Lipinski definition) is 1. The Morgan fingerprint density at radius 2 is 1.84 bits per heavy atom. The van der Waals surface area contributed by atoms with Crippen molar-refractivity contribution in [1.29, 1.82) is 0 Å². The second kappa shape index (κ2) is 5.73. The van der Waals surface area contributed by atoms with Gasteiger partial charge in [-0.3, -0.25) is 0 Å². The van der Waals surface area contributed by atoms with Gasteiger partial charge in [0.05, 0.1) is 0 Å². The van der Waals surface area contributed by atoms with Crippen molar-refractivity contribution in [2.24, 2.45) is 0 Å². The van der Waals surface area contributed by atoms with Gasteiger partial charge >= 0.3 is 6.01 Å². The van der Waals surface area contributed by atoms with Crippen LogP contribution < -0.4 is 5.32 Å². The molecule has 0 fully saturated rings. The summed E-state index contributed by atoms with van der Waals surface area (Å²) in [5, 5.41) is 10.2. The van der Waals surface area contributed by atoms with Crippen molar-refractivity contribution in [3.8, 4) is 0 Å². The van der Waals surface area contributed by atoms with Crippen molar-refractivity contribution in [2.45, 2.75) is 26.3 Å². The van der Waals surface area contributed by atoms with Gasteiger partial charge < -0.3 is 9.73 Å². The Morgan fingerprint density at radius 1 is 1.16 bits per heavy atom. The first-order valence-corrected chi connectivity index (χ1v) is 5.79. The molecular formula is C12H12F3N3O. The topological polar surface area (TPSA) is 51.0 Å². The van der Waals surface area contributed by atoms with Gasteiger partial charge in [-0.15, -0.1) is 5.10 Å². The van der Waals surface area contributed by atoms with Gasteiger partial charge in [-0.1, -0.05) is 12.0 Å². The van der Waals surface area contributed by atoms with Crippen molar-refractivity contribution < 1.29 is 17.6 Å². The Bertz CT molecular complexity index is 548. The summed E-state index contributed by atoms with van der Waals surface area (Å²) in [6.07, 6.45) is 1.53. The molecule has 0 radical (unpaired) electrons. The van der Waals surface area contributed by atoms with E-state index in [4.69, 9.17) is 4.42 Å². The molecule has 0 aliphatic rings. The molecule has 4 nitrogen and oxygen atoms in total. The van der Waals surface area contributed by atoms with E-state index in [1.165, 1.54) is 0 Å². The summed E-state index contributed by atoms with van der Waals surface area (Å²) >= 11 is 0. The number of aryl methyl sites for hydroxylation is 1. The number of halogens is 3. The van der Waals surface area contributed by atoms with Crippen LogP contribution in [-0.2, 0) is 13.0 Å². The fraction of sp³-hybridized carbons (Fsp3) is 0.333. The van der Waals surface area contributed by atoms with Gasteiger partial charge in [0.2, 0.25) is 5.89 Å². The summed E-state index contributed by atoms with van der Waals surface area (Å²) in [4.78, 5) is 0. The van der Waals surface area contributed by atoms with Crippen LogP contribution in [0.4, 0.5) is 19.2 Å². The third-order valence-corrected chi connectivity index (χ3v) is 2.42. The second-order valence-corrected chi connectivity index (χ2v) is 3.98. The van der Waals surface area contributed by atoms with Crippen molar-refractivity contribution in [2.75, 3.05) is 5.32 Å². The molecule has 0 saturated carbocycles. The van der Waals surface area contributed by atoms with Crippen LogP contribution in [0, 0.1) is 17.5 Å². The van der Waals surface area contributed by atoms with Gasteiger partial charge in [-0.05, 0) is 24.1 Å². The molecule has 0 bridgehead atoms. The smallest absolute Gasteiger partial charge is 0.315 e. The molecule has 0 unspecified atom stereocenters. The molecule has 0 aliphatic heterocycles. The number of rotatable bonds is 5. The standard InChI is InChI=1S/C12H12F3N3O/c1-2-3-10-17-18-12(19-10)16-6-7-4-8(13)11(15)9(14)5-7/h4-5H,2-3,6H2,1H3,(H,16,18). The van der Waals surface area contributed by atoms with E-state index >= 15 is 0 Å². The van der Waals surface area contributed by atoms with Crippen LogP contribution in [-0.4, -0.2) is 10.2 Å². The number of nitrogens with one attached hydrogen (secondary N) is 1. The lowest BCUT2D eigenvalue weighted by molar-refractivity contribution is 0.445. The highest BCUT2D eigenvalue weighted by Gasteiger charge is 2.11. The van der Waals surface area contributed by atoms with Gasteiger partial charge in [-0.25, -0.2) is 13.2 Å². The minimum absolute atomic E-state index is 0.0574. The van der Waals surface area contributed by atoms with E-state index in [9.17, 15) is 13.2 Å². The molecule has 0 spiro atoms. The maximum atomic E-state index is 13.0. The highest BCUT2D eigenvalue weighted by molar-refractivity contribution is 5.25. The predicted octanol–water partition coefficient (Wildman–Crippen LogP) is 3.05. The van der Waals surface area contributed by atoms with Crippen LogP contribution in [0.1, 0.15) is 24.8 Å². The van der Waals surface area contributed by atoms with Gasteiger partial charge in [0, 0.05) is 13.0 Å². The molecule has 1 heterocycles. The lowest BCUT2D eigenvalue weighted by atomic mass is 10.2. The fourth-order valence-corrected chi connectivity index (χ4v) is 1.53. The van der Waals surface area contributed by atoms with E-state index in [1.807, 2.05) is 6.92 Å². The molecule has 2 rings (SSSR count).